The first kappa shape index (κ1) is 10.8. The van der Waals surface area contributed by atoms with Crippen LogP contribution in [0.3, 0.4) is 0 Å². The highest BCUT2D eigenvalue weighted by molar-refractivity contribution is 5.91. The number of nitrogens with two attached hydrogens (primary N) is 1. The van der Waals surface area contributed by atoms with Crippen molar-refractivity contribution in [2.45, 2.75) is 25.3 Å². The predicted octanol–water partition coefficient (Wildman–Crippen LogP) is 2.02. The number of carbonyl (C=O) groups is 1. The van der Waals surface area contributed by atoms with E-state index >= 15 is 0 Å². The Morgan fingerprint density at radius 3 is 2.69 bits per heavy atom. The zero-order valence-corrected chi connectivity index (χ0v) is 9.54. The Morgan fingerprint density at radius 1 is 1.50 bits per heavy atom. The van der Waals surface area contributed by atoms with Gasteiger partial charge in [0.05, 0.1) is 24.0 Å². The fraction of sp³-hybridized carbons (Fsp3) is 0.417. The van der Waals surface area contributed by atoms with E-state index in [1.807, 2.05) is 6.07 Å². The van der Waals surface area contributed by atoms with E-state index in [2.05, 4.69) is 17.0 Å². The second-order valence-corrected chi connectivity index (χ2v) is 4.48. The molecule has 0 unspecified atom stereocenters. The van der Waals surface area contributed by atoms with Crippen LogP contribution >= 0.6 is 0 Å². The summed E-state index contributed by atoms with van der Waals surface area (Å²) in [7, 11) is 1.36. The van der Waals surface area contributed by atoms with E-state index in [0.717, 1.165) is 18.5 Å². The van der Waals surface area contributed by atoms with Crippen LogP contribution in [-0.4, -0.2) is 18.6 Å². The molecule has 1 saturated carbocycles. The molecule has 0 amide bonds. The Hall–Kier alpha value is -1.71. The van der Waals surface area contributed by atoms with Crippen LogP contribution in [0.2, 0.25) is 0 Å². The quantitative estimate of drug-likeness (QED) is 0.604. The van der Waals surface area contributed by atoms with Gasteiger partial charge in [-0.1, -0.05) is 0 Å². The topological polar surface area (TPSA) is 64.3 Å². The first-order valence-electron chi connectivity index (χ1n) is 5.30. The fourth-order valence-electron chi connectivity index (χ4n) is 1.56. The van der Waals surface area contributed by atoms with Gasteiger partial charge in [-0.3, -0.25) is 0 Å². The summed E-state index contributed by atoms with van der Waals surface area (Å²) < 4.78 is 4.63. The lowest BCUT2D eigenvalue weighted by molar-refractivity contribution is 0.0601. The van der Waals surface area contributed by atoms with Crippen LogP contribution in [0.4, 0.5) is 11.4 Å². The average Bonchev–Trinajstić information content (AvgIpc) is 2.98. The van der Waals surface area contributed by atoms with E-state index in [1.54, 1.807) is 12.1 Å². The Labute approximate surface area is 94.8 Å². The third-order valence-corrected chi connectivity index (χ3v) is 2.91. The van der Waals surface area contributed by atoms with Gasteiger partial charge >= 0.3 is 5.97 Å². The molecule has 3 N–H and O–H groups in total. The van der Waals surface area contributed by atoms with E-state index in [0.29, 0.717) is 11.3 Å². The van der Waals surface area contributed by atoms with Gasteiger partial charge in [-0.05, 0) is 38.0 Å². The van der Waals surface area contributed by atoms with Gasteiger partial charge in [0.15, 0.2) is 0 Å². The fourth-order valence-corrected chi connectivity index (χ4v) is 1.56. The zero-order chi connectivity index (χ0) is 11.8. The number of carbonyl (C=O) groups excluding carboxylic acids is 1. The molecule has 16 heavy (non-hydrogen) atoms. The molecule has 86 valence electrons. The van der Waals surface area contributed by atoms with Crippen molar-refractivity contribution in [1.82, 2.24) is 0 Å². The second-order valence-electron chi connectivity index (χ2n) is 4.48. The summed E-state index contributed by atoms with van der Waals surface area (Å²) in [6.07, 6.45) is 2.32. The van der Waals surface area contributed by atoms with Gasteiger partial charge in [0.25, 0.3) is 0 Å². The average molecular weight is 220 g/mol. The Morgan fingerprint density at radius 2 is 2.19 bits per heavy atom. The molecule has 1 aliphatic rings. The van der Waals surface area contributed by atoms with Crippen LogP contribution in [0.25, 0.3) is 0 Å². The number of nitrogens with one attached hydrogen (secondary N) is 1. The summed E-state index contributed by atoms with van der Waals surface area (Å²) in [5.74, 6) is -0.365. The highest BCUT2D eigenvalue weighted by atomic mass is 16.5. The summed E-state index contributed by atoms with van der Waals surface area (Å²) in [5, 5.41) is 3.37. The zero-order valence-electron chi connectivity index (χ0n) is 9.54. The molecular weight excluding hydrogens is 204 g/mol. The number of methoxy groups -OCH3 is 1. The summed E-state index contributed by atoms with van der Waals surface area (Å²) in [6.45, 7) is 2.15. The van der Waals surface area contributed by atoms with E-state index in [9.17, 15) is 4.79 Å². The summed E-state index contributed by atoms with van der Waals surface area (Å²) in [4.78, 5) is 11.3. The van der Waals surface area contributed by atoms with Gasteiger partial charge in [-0.2, -0.15) is 0 Å². The molecule has 0 atom stereocenters. The van der Waals surface area contributed by atoms with Gasteiger partial charge in [-0.15, -0.1) is 0 Å². The van der Waals surface area contributed by atoms with Crippen molar-refractivity contribution >= 4 is 17.3 Å². The molecule has 0 saturated heterocycles. The third-order valence-electron chi connectivity index (χ3n) is 2.91. The molecule has 0 aliphatic heterocycles. The van der Waals surface area contributed by atoms with Crippen molar-refractivity contribution in [3.63, 3.8) is 0 Å². The van der Waals surface area contributed by atoms with E-state index in [-0.39, 0.29) is 11.5 Å². The predicted molar refractivity (Wildman–Crippen MR) is 63.5 cm³/mol. The maximum absolute atomic E-state index is 11.3. The van der Waals surface area contributed by atoms with Crippen LogP contribution in [0.1, 0.15) is 30.1 Å². The van der Waals surface area contributed by atoms with Crippen molar-refractivity contribution in [2.24, 2.45) is 0 Å². The second kappa shape index (κ2) is 3.70. The van der Waals surface area contributed by atoms with Crippen molar-refractivity contribution in [3.8, 4) is 0 Å². The Bertz CT molecular complexity index is 425. The number of nitrogen functional groups attached to an aromatic ring is 1. The van der Waals surface area contributed by atoms with Crippen molar-refractivity contribution in [2.75, 3.05) is 18.2 Å². The number of esters is 1. The van der Waals surface area contributed by atoms with Crippen LogP contribution in [-0.2, 0) is 4.74 Å². The number of rotatable bonds is 3. The van der Waals surface area contributed by atoms with E-state index in [4.69, 9.17) is 5.73 Å². The number of ether oxygens (including phenoxy) is 1. The van der Waals surface area contributed by atoms with Crippen molar-refractivity contribution in [1.29, 1.82) is 0 Å². The van der Waals surface area contributed by atoms with E-state index in [1.165, 1.54) is 7.11 Å². The minimum atomic E-state index is -0.365. The van der Waals surface area contributed by atoms with Crippen molar-refractivity contribution < 1.29 is 9.53 Å². The number of anilines is 2. The Kier molecular flexibility index (Phi) is 2.50. The normalized spacial score (nSPS) is 16.6. The SMILES string of the molecule is COC(=O)c1ccc(NC2(C)CC2)c(N)c1. The van der Waals surface area contributed by atoms with Crippen LogP contribution in [0, 0.1) is 0 Å². The highest BCUT2D eigenvalue weighted by Gasteiger charge is 2.37. The lowest BCUT2D eigenvalue weighted by Gasteiger charge is -2.15. The minimum absolute atomic E-state index is 0.181. The Balaban J connectivity index is 2.19. The van der Waals surface area contributed by atoms with Gasteiger partial charge in [0.2, 0.25) is 0 Å². The first-order valence-corrected chi connectivity index (χ1v) is 5.30. The smallest absolute Gasteiger partial charge is 0.337 e. The van der Waals surface area contributed by atoms with Gasteiger partial charge in [0.1, 0.15) is 0 Å². The molecule has 1 aromatic carbocycles. The molecule has 0 heterocycles. The number of benzene rings is 1. The number of hydrogen-bond acceptors (Lipinski definition) is 4. The highest BCUT2D eigenvalue weighted by Crippen LogP contribution is 2.39. The molecule has 0 aromatic heterocycles. The van der Waals surface area contributed by atoms with Gasteiger partial charge < -0.3 is 15.8 Å². The largest absolute Gasteiger partial charge is 0.465 e. The summed E-state index contributed by atoms with van der Waals surface area (Å²) in [6, 6.07) is 5.18. The van der Waals surface area contributed by atoms with Gasteiger partial charge in [-0.25, -0.2) is 4.79 Å². The van der Waals surface area contributed by atoms with Crippen molar-refractivity contribution in [3.05, 3.63) is 23.8 Å². The molecule has 1 aliphatic carbocycles. The third kappa shape index (κ3) is 2.10. The molecule has 1 fully saturated rings. The monoisotopic (exact) mass is 220 g/mol. The lowest BCUT2D eigenvalue weighted by atomic mass is 10.1. The molecule has 2 rings (SSSR count). The molecule has 0 spiro atoms. The lowest BCUT2D eigenvalue weighted by Crippen LogP contribution is -2.17. The molecular formula is C12H16N2O2. The van der Waals surface area contributed by atoms with Crippen LogP contribution < -0.4 is 11.1 Å². The first-order chi connectivity index (χ1) is 7.54. The molecule has 4 nitrogen and oxygen atoms in total. The van der Waals surface area contributed by atoms with Crippen LogP contribution in [0.5, 0.6) is 0 Å². The molecule has 0 bridgehead atoms. The standard InChI is InChI=1S/C12H16N2O2/c1-12(5-6-12)14-10-4-3-8(7-9(10)13)11(15)16-2/h3-4,7,14H,5-6,13H2,1-2H3. The molecule has 0 radical (unpaired) electrons. The molecule has 4 heteroatoms. The van der Waals surface area contributed by atoms with Crippen LogP contribution in [0.15, 0.2) is 18.2 Å². The number of hydrogen-bond donors (Lipinski definition) is 2. The molecule has 1 aromatic rings. The van der Waals surface area contributed by atoms with Gasteiger partial charge in [0, 0.05) is 5.54 Å². The summed E-state index contributed by atoms with van der Waals surface area (Å²) >= 11 is 0. The maximum atomic E-state index is 11.3. The summed E-state index contributed by atoms with van der Waals surface area (Å²) in [5.41, 5.74) is 8.00. The maximum Gasteiger partial charge on any atom is 0.337 e. The van der Waals surface area contributed by atoms with E-state index < -0.39 is 0 Å². The minimum Gasteiger partial charge on any atom is -0.465 e.